The number of fused-ring (bicyclic) bond motifs is 1. The predicted molar refractivity (Wildman–Crippen MR) is 97.6 cm³/mol. The van der Waals surface area contributed by atoms with Crippen LogP contribution in [-0.2, 0) is 5.41 Å². The first kappa shape index (κ1) is 17.8. The van der Waals surface area contributed by atoms with Gasteiger partial charge in [0.2, 0.25) is 5.43 Å². The Morgan fingerprint density at radius 3 is 2.46 bits per heavy atom. The molecule has 0 unspecified atom stereocenters. The molecule has 4 nitrogen and oxygen atoms in total. The number of aromatic amines is 1. The van der Waals surface area contributed by atoms with Crippen LogP contribution < -0.4 is 10.7 Å². The summed E-state index contributed by atoms with van der Waals surface area (Å²) in [5, 5.41) is 2.58. The van der Waals surface area contributed by atoms with E-state index in [0.717, 1.165) is 6.07 Å². The maximum Gasteiger partial charge on any atom is 0.261 e. The number of carbonyl (C=O) groups is 1. The molecular formula is C20H18F2N2O2. The van der Waals surface area contributed by atoms with Gasteiger partial charge in [-0.1, -0.05) is 26.8 Å². The average molecular weight is 356 g/mol. The number of pyridine rings is 1. The van der Waals surface area contributed by atoms with Gasteiger partial charge in [0.25, 0.3) is 5.91 Å². The number of carbonyl (C=O) groups excluding carboxylic acids is 1. The number of hydrogen-bond donors (Lipinski definition) is 2. The number of nitrogens with one attached hydrogen (secondary N) is 2. The summed E-state index contributed by atoms with van der Waals surface area (Å²) < 4.78 is 27.6. The van der Waals surface area contributed by atoms with Crippen molar-refractivity contribution < 1.29 is 13.6 Å². The van der Waals surface area contributed by atoms with E-state index in [0.29, 0.717) is 11.1 Å². The van der Waals surface area contributed by atoms with Gasteiger partial charge in [-0.2, -0.15) is 0 Å². The lowest BCUT2D eigenvalue weighted by atomic mass is 9.86. The topological polar surface area (TPSA) is 62.0 Å². The second-order valence-corrected chi connectivity index (χ2v) is 7.12. The van der Waals surface area contributed by atoms with Crippen molar-refractivity contribution in [3.8, 4) is 0 Å². The number of aromatic nitrogens is 1. The number of halogens is 2. The predicted octanol–water partition coefficient (Wildman–Crippen LogP) is 4.36. The zero-order valence-electron chi connectivity index (χ0n) is 14.6. The highest BCUT2D eigenvalue weighted by Crippen LogP contribution is 2.27. The van der Waals surface area contributed by atoms with E-state index in [1.54, 1.807) is 12.1 Å². The fraction of sp³-hybridized carbons (Fsp3) is 0.200. The largest absolute Gasteiger partial charge is 0.360 e. The second-order valence-electron chi connectivity index (χ2n) is 7.12. The molecule has 2 N–H and O–H groups in total. The van der Waals surface area contributed by atoms with Crippen molar-refractivity contribution in [1.82, 2.24) is 4.98 Å². The Kier molecular flexibility index (Phi) is 4.36. The maximum absolute atomic E-state index is 14.3. The molecule has 0 bridgehead atoms. The first-order valence-corrected chi connectivity index (χ1v) is 8.09. The van der Waals surface area contributed by atoms with Crippen molar-refractivity contribution in [2.24, 2.45) is 0 Å². The van der Waals surface area contributed by atoms with Crippen molar-refractivity contribution in [2.75, 3.05) is 5.32 Å². The third-order valence-electron chi connectivity index (χ3n) is 4.12. The molecule has 0 saturated carbocycles. The molecule has 1 amide bonds. The minimum Gasteiger partial charge on any atom is -0.360 e. The molecule has 0 fully saturated rings. The standard InChI is InChI=1S/C20H18F2N2O2/c1-20(2,3)15-6-5-12(9-16(15)22)24-19(26)14-10-23-17-7-4-11(21)8-13(17)18(14)25/h4-10H,1-3H3,(H,23,25)(H,24,26). The quantitative estimate of drug-likeness (QED) is 0.717. The van der Waals surface area contributed by atoms with Crippen LogP contribution in [0.5, 0.6) is 0 Å². The van der Waals surface area contributed by atoms with E-state index in [1.807, 2.05) is 20.8 Å². The molecule has 0 aliphatic rings. The van der Waals surface area contributed by atoms with Crippen LogP contribution in [0.2, 0.25) is 0 Å². The summed E-state index contributed by atoms with van der Waals surface area (Å²) >= 11 is 0. The van der Waals surface area contributed by atoms with Crippen LogP contribution in [0.1, 0.15) is 36.7 Å². The van der Waals surface area contributed by atoms with Gasteiger partial charge in [0.1, 0.15) is 17.2 Å². The van der Waals surface area contributed by atoms with Crippen LogP contribution in [0.25, 0.3) is 10.9 Å². The minimum absolute atomic E-state index is 0.0758. The second kappa shape index (κ2) is 6.37. The molecule has 3 rings (SSSR count). The van der Waals surface area contributed by atoms with Crippen molar-refractivity contribution in [3.63, 3.8) is 0 Å². The Morgan fingerprint density at radius 2 is 1.81 bits per heavy atom. The van der Waals surface area contributed by atoms with Gasteiger partial charge in [-0.05, 0) is 41.3 Å². The Balaban J connectivity index is 1.94. The van der Waals surface area contributed by atoms with E-state index in [2.05, 4.69) is 10.3 Å². The number of amides is 1. The summed E-state index contributed by atoms with van der Waals surface area (Å²) in [4.78, 5) is 27.6. The van der Waals surface area contributed by atoms with Crippen molar-refractivity contribution in [3.05, 3.63) is 75.6 Å². The van der Waals surface area contributed by atoms with Crippen LogP contribution in [0.3, 0.4) is 0 Å². The fourth-order valence-electron chi connectivity index (χ4n) is 2.76. The van der Waals surface area contributed by atoms with E-state index in [-0.39, 0.29) is 22.1 Å². The van der Waals surface area contributed by atoms with Crippen molar-refractivity contribution in [2.45, 2.75) is 26.2 Å². The summed E-state index contributed by atoms with van der Waals surface area (Å²) in [6, 6.07) is 8.11. The highest BCUT2D eigenvalue weighted by Gasteiger charge is 2.19. The smallest absolute Gasteiger partial charge is 0.261 e. The molecule has 0 spiro atoms. The van der Waals surface area contributed by atoms with E-state index in [4.69, 9.17) is 0 Å². The van der Waals surface area contributed by atoms with Gasteiger partial charge in [-0.15, -0.1) is 0 Å². The number of H-pyrrole nitrogens is 1. The van der Waals surface area contributed by atoms with Gasteiger partial charge in [0.05, 0.1) is 0 Å². The summed E-state index contributed by atoms with van der Waals surface area (Å²) in [5.41, 5.74) is 0.0415. The molecule has 3 aromatic rings. The van der Waals surface area contributed by atoms with Crippen molar-refractivity contribution >= 4 is 22.5 Å². The minimum atomic E-state index is -0.694. The zero-order chi connectivity index (χ0) is 19.1. The number of benzene rings is 2. The Hall–Kier alpha value is -3.02. The first-order valence-electron chi connectivity index (χ1n) is 8.09. The molecule has 1 aromatic heterocycles. The fourth-order valence-corrected chi connectivity index (χ4v) is 2.76. The van der Waals surface area contributed by atoms with Crippen LogP contribution >= 0.6 is 0 Å². The van der Waals surface area contributed by atoms with E-state index in [9.17, 15) is 18.4 Å². The van der Waals surface area contributed by atoms with Gasteiger partial charge < -0.3 is 10.3 Å². The van der Waals surface area contributed by atoms with Crippen LogP contribution in [0, 0.1) is 11.6 Å². The summed E-state index contributed by atoms with van der Waals surface area (Å²) in [7, 11) is 0. The molecule has 26 heavy (non-hydrogen) atoms. The normalized spacial score (nSPS) is 11.6. The van der Waals surface area contributed by atoms with E-state index in [1.165, 1.54) is 24.4 Å². The van der Waals surface area contributed by atoms with Gasteiger partial charge in [0.15, 0.2) is 0 Å². The van der Waals surface area contributed by atoms with E-state index < -0.39 is 23.0 Å². The zero-order valence-corrected chi connectivity index (χ0v) is 14.6. The SMILES string of the molecule is CC(C)(C)c1ccc(NC(=O)c2c[nH]c3ccc(F)cc3c2=O)cc1F. The lowest BCUT2D eigenvalue weighted by Crippen LogP contribution is -2.22. The molecule has 134 valence electrons. The molecular weight excluding hydrogens is 338 g/mol. The number of hydrogen-bond acceptors (Lipinski definition) is 2. The first-order chi connectivity index (χ1) is 12.2. The molecule has 0 saturated heterocycles. The Labute approximate surface area is 148 Å². The lowest BCUT2D eigenvalue weighted by molar-refractivity contribution is 0.102. The third kappa shape index (κ3) is 3.35. The van der Waals surface area contributed by atoms with E-state index >= 15 is 0 Å². The lowest BCUT2D eigenvalue weighted by Gasteiger charge is -2.20. The van der Waals surface area contributed by atoms with Crippen LogP contribution in [0.15, 0.2) is 47.4 Å². The average Bonchev–Trinajstić information content (AvgIpc) is 2.54. The van der Waals surface area contributed by atoms with Gasteiger partial charge in [-0.25, -0.2) is 8.78 Å². The van der Waals surface area contributed by atoms with Crippen molar-refractivity contribution in [1.29, 1.82) is 0 Å². The monoisotopic (exact) mass is 356 g/mol. The molecule has 0 aliphatic carbocycles. The molecule has 0 radical (unpaired) electrons. The highest BCUT2D eigenvalue weighted by atomic mass is 19.1. The summed E-state index contributed by atoms with van der Waals surface area (Å²) in [6.45, 7) is 5.66. The highest BCUT2D eigenvalue weighted by molar-refractivity contribution is 6.05. The summed E-state index contributed by atoms with van der Waals surface area (Å²) in [6.07, 6.45) is 1.26. The molecule has 2 aromatic carbocycles. The number of rotatable bonds is 2. The van der Waals surface area contributed by atoms with Gasteiger partial charge in [0, 0.05) is 22.8 Å². The molecule has 6 heteroatoms. The Bertz CT molecular complexity index is 1070. The Morgan fingerprint density at radius 1 is 1.08 bits per heavy atom. The molecule has 0 aliphatic heterocycles. The van der Waals surface area contributed by atoms with Gasteiger partial charge in [-0.3, -0.25) is 9.59 Å². The molecule has 1 heterocycles. The molecule has 0 atom stereocenters. The summed E-state index contributed by atoms with van der Waals surface area (Å²) in [5.74, 6) is -1.70. The van der Waals surface area contributed by atoms with Crippen LogP contribution in [-0.4, -0.2) is 10.9 Å². The van der Waals surface area contributed by atoms with Gasteiger partial charge >= 0.3 is 0 Å². The van der Waals surface area contributed by atoms with Crippen LogP contribution in [0.4, 0.5) is 14.5 Å². The third-order valence-corrected chi connectivity index (χ3v) is 4.12. The number of anilines is 1. The maximum atomic E-state index is 14.3.